The molecule has 0 radical (unpaired) electrons. The van der Waals surface area contributed by atoms with Crippen LogP contribution in [0.1, 0.15) is 40.5 Å². The molecule has 120 valence electrons. The summed E-state index contributed by atoms with van der Waals surface area (Å²) in [6, 6.07) is 4.42. The summed E-state index contributed by atoms with van der Waals surface area (Å²) < 4.78 is 10.5. The van der Waals surface area contributed by atoms with E-state index in [9.17, 15) is 9.59 Å². The van der Waals surface area contributed by atoms with Gasteiger partial charge in [0.15, 0.2) is 0 Å². The number of likely N-dealkylation sites (tertiary alicyclic amines) is 1. The normalized spacial score (nSPS) is 17.5. The summed E-state index contributed by atoms with van der Waals surface area (Å²) in [5.74, 6) is -0.896. The average molecular weight is 307 g/mol. The van der Waals surface area contributed by atoms with E-state index in [1.807, 2.05) is 6.92 Å². The van der Waals surface area contributed by atoms with Crippen molar-refractivity contribution < 1.29 is 24.2 Å². The zero-order valence-corrected chi connectivity index (χ0v) is 12.9. The average Bonchev–Trinajstić information content (AvgIpc) is 2.99. The van der Waals surface area contributed by atoms with Crippen molar-refractivity contribution in [1.29, 1.82) is 0 Å². The van der Waals surface area contributed by atoms with Gasteiger partial charge in [0.2, 0.25) is 0 Å². The molecule has 6 heteroatoms. The van der Waals surface area contributed by atoms with Crippen LogP contribution in [-0.2, 0) is 4.74 Å². The van der Waals surface area contributed by atoms with Gasteiger partial charge in [0.05, 0.1) is 25.3 Å². The van der Waals surface area contributed by atoms with Crippen molar-refractivity contribution in [3.05, 3.63) is 29.3 Å². The van der Waals surface area contributed by atoms with Crippen LogP contribution in [0.5, 0.6) is 5.75 Å². The minimum Gasteiger partial charge on any atom is -0.497 e. The number of benzene rings is 1. The molecule has 1 aromatic carbocycles. The van der Waals surface area contributed by atoms with Crippen molar-refractivity contribution in [2.75, 3.05) is 26.9 Å². The Morgan fingerprint density at radius 2 is 2.05 bits per heavy atom. The lowest BCUT2D eigenvalue weighted by Gasteiger charge is -2.24. The van der Waals surface area contributed by atoms with E-state index in [0.717, 1.165) is 12.8 Å². The number of hydrogen-bond acceptors (Lipinski definition) is 4. The lowest BCUT2D eigenvalue weighted by Crippen LogP contribution is -2.38. The Morgan fingerprint density at radius 3 is 2.68 bits per heavy atom. The molecule has 1 amide bonds. The first-order valence-electron chi connectivity index (χ1n) is 7.38. The van der Waals surface area contributed by atoms with E-state index in [0.29, 0.717) is 31.1 Å². The van der Waals surface area contributed by atoms with Gasteiger partial charge in [-0.15, -0.1) is 0 Å². The number of rotatable bonds is 6. The maximum atomic E-state index is 12.7. The van der Waals surface area contributed by atoms with Gasteiger partial charge in [0.25, 0.3) is 5.91 Å². The molecule has 1 fully saturated rings. The van der Waals surface area contributed by atoms with Crippen LogP contribution in [0.3, 0.4) is 0 Å². The Morgan fingerprint density at radius 1 is 1.32 bits per heavy atom. The zero-order valence-electron chi connectivity index (χ0n) is 12.9. The monoisotopic (exact) mass is 307 g/mol. The number of carboxylic acids is 1. The molecule has 22 heavy (non-hydrogen) atoms. The molecular weight excluding hydrogens is 286 g/mol. The number of carbonyl (C=O) groups is 2. The zero-order chi connectivity index (χ0) is 16.1. The Kier molecular flexibility index (Phi) is 5.38. The predicted octanol–water partition coefficient (Wildman–Crippen LogP) is 2.03. The highest BCUT2D eigenvalue weighted by atomic mass is 16.5. The minimum atomic E-state index is -1.08. The maximum Gasteiger partial charge on any atom is 0.335 e. The van der Waals surface area contributed by atoms with E-state index < -0.39 is 5.97 Å². The fourth-order valence-electron chi connectivity index (χ4n) is 2.66. The van der Waals surface area contributed by atoms with Gasteiger partial charge in [-0.25, -0.2) is 4.79 Å². The Hall–Kier alpha value is -2.08. The second-order valence-electron chi connectivity index (χ2n) is 5.21. The highest BCUT2D eigenvalue weighted by Gasteiger charge is 2.30. The number of amides is 1. The highest BCUT2D eigenvalue weighted by molar-refractivity contribution is 5.98. The molecule has 2 rings (SSSR count). The van der Waals surface area contributed by atoms with Crippen LogP contribution in [0.25, 0.3) is 0 Å². The molecule has 0 spiro atoms. The molecular formula is C16H21NO5. The smallest absolute Gasteiger partial charge is 0.335 e. The van der Waals surface area contributed by atoms with Gasteiger partial charge in [0, 0.05) is 18.7 Å². The molecule has 0 saturated carbocycles. The molecule has 1 aromatic rings. The summed E-state index contributed by atoms with van der Waals surface area (Å²) in [6.07, 6.45) is 1.83. The summed E-state index contributed by atoms with van der Waals surface area (Å²) in [6.45, 7) is 3.71. The van der Waals surface area contributed by atoms with Gasteiger partial charge in [-0.2, -0.15) is 0 Å². The Balaban J connectivity index is 2.24. The number of aromatic carboxylic acids is 1. The van der Waals surface area contributed by atoms with E-state index in [1.54, 1.807) is 11.0 Å². The van der Waals surface area contributed by atoms with Crippen LogP contribution >= 0.6 is 0 Å². The molecule has 1 atom stereocenters. The summed E-state index contributed by atoms with van der Waals surface area (Å²) >= 11 is 0. The van der Waals surface area contributed by atoms with E-state index in [4.69, 9.17) is 14.6 Å². The molecule has 0 aliphatic carbocycles. The highest BCUT2D eigenvalue weighted by Crippen LogP contribution is 2.23. The van der Waals surface area contributed by atoms with Gasteiger partial charge in [0.1, 0.15) is 5.75 Å². The fraction of sp³-hybridized carbons (Fsp3) is 0.500. The van der Waals surface area contributed by atoms with Crippen LogP contribution in [0.4, 0.5) is 0 Å². The van der Waals surface area contributed by atoms with Gasteiger partial charge in [-0.05, 0) is 38.0 Å². The SMILES string of the molecule is CCOC[C@H]1CCCN1C(=O)c1cc(OC)cc(C(=O)O)c1. The number of hydrogen-bond donors (Lipinski definition) is 1. The Labute approximate surface area is 129 Å². The van der Waals surface area contributed by atoms with Gasteiger partial charge >= 0.3 is 5.97 Å². The van der Waals surface area contributed by atoms with Crippen molar-refractivity contribution in [3.63, 3.8) is 0 Å². The second-order valence-corrected chi connectivity index (χ2v) is 5.21. The standard InChI is InChI=1S/C16H21NO5/c1-3-22-10-13-5-4-6-17(13)15(18)11-7-12(16(19)20)9-14(8-11)21-2/h7-9,13H,3-6,10H2,1-2H3,(H,19,20)/t13-/m1/s1. The van der Waals surface area contributed by atoms with Crippen LogP contribution in [0, 0.1) is 0 Å². The summed E-state index contributed by atoms with van der Waals surface area (Å²) in [7, 11) is 1.45. The predicted molar refractivity (Wildman–Crippen MR) is 80.5 cm³/mol. The van der Waals surface area contributed by atoms with Crippen molar-refractivity contribution >= 4 is 11.9 Å². The molecule has 1 saturated heterocycles. The van der Waals surface area contributed by atoms with Crippen LogP contribution < -0.4 is 4.74 Å². The number of carbonyl (C=O) groups excluding carboxylic acids is 1. The summed E-state index contributed by atoms with van der Waals surface area (Å²) in [4.78, 5) is 25.6. The third-order valence-electron chi connectivity index (χ3n) is 3.79. The topological polar surface area (TPSA) is 76.1 Å². The number of methoxy groups -OCH3 is 1. The molecule has 0 bridgehead atoms. The molecule has 6 nitrogen and oxygen atoms in total. The second kappa shape index (κ2) is 7.26. The quantitative estimate of drug-likeness (QED) is 0.870. The van der Waals surface area contributed by atoms with Gasteiger partial charge < -0.3 is 19.5 Å². The fourth-order valence-corrected chi connectivity index (χ4v) is 2.66. The number of nitrogens with zero attached hydrogens (tertiary/aromatic N) is 1. The lowest BCUT2D eigenvalue weighted by atomic mass is 10.1. The van der Waals surface area contributed by atoms with E-state index in [2.05, 4.69) is 0 Å². The third-order valence-corrected chi connectivity index (χ3v) is 3.79. The van der Waals surface area contributed by atoms with E-state index in [-0.39, 0.29) is 17.5 Å². The number of carboxylic acid groups (broad SMARTS) is 1. The molecule has 1 heterocycles. The van der Waals surface area contributed by atoms with Crippen LogP contribution in [0.2, 0.25) is 0 Å². The van der Waals surface area contributed by atoms with Crippen molar-refractivity contribution in [2.45, 2.75) is 25.8 Å². The molecule has 1 aliphatic heterocycles. The first-order chi connectivity index (χ1) is 10.6. The number of ether oxygens (including phenoxy) is 2. The van der Waals surface area contributed by atoms with Gasteiger partial charge in [-0.3, -0.25) is 4.79 Å². The van der Waals surface area contributed by atoms with E-state index >= 15 is 0 Å². The van der Waals surface area contributed by atoms with Crippen molar-refractivity contribution in [2.24, 2.45) is 0 Å². The maximum absolute atomic E-state index is 12.7. The molecule has 0 aromatic heterocycles. The molecule has 1 N–H and O–H groups in total. The van der Waals surface area contributed by atoms with Gasteiger partial charge in [-0.1, -0.05) is 0 Å². The van der Waals surface area contributed by atoms with Crippen molar-refractivity contribution in [3.8, 4) is 5.75 Å². The first kappa shape index (κ1) is 16.3. The first-order valence-corrected chi connectivity index (χ1v) is 7.38. The molecule has 1 aliphatic rings. The lowest BCUT2D eigenvalue weighted by molar-refractivity contribution is 0.0564. The molecule has 0 unspecified atom stereocenters. The largest absolute Gasteiger partial charge is 0.497 e. The van der Waals surface area contributed by atoms with E-state index in [1.165, 1.54) is 19.2 Å². The van der Waals surface area contributed by atoms with Crippen LogP contribution in [-0.4, -0.2) is 54.8 Å². The van der Waals surface area contributed by atoms with Crippen molar-refractivity contribution in [1.82, 2.24) is 4.90 Å². The summed E-state index contributed by atoms with van der Waals surface area (Å²) in [5, 5.41) is 9.14. The third kappa shape index (κ3) is 3.57. The minimum absolute atomic E-state index is 0.0447. The summed E-state index contributed by atoms with van der Waals surface area (Å²) in [5.41, 5.74) is 0.378. The van der Waals surface area contributed by atoms with Crippen LogP contribution in [0.15, 0.2) is 18.2 Å². The Bertz CT molecular complexity index is 557.